The van der Waals surface area contributed by atoms with E-state index in [1.807, 2.05) is 0 Å². The number of carbonyl (C=O) groups is 1. The SMILES string of the molecule is Cc1nc(NC(=O)C(C)C)c2ncn([C@@H]3O[C@H](CO)C(O)C3O)c2n1. The number of carbonyl (C=O) groups excluding carboxylic acids is 1. The Balaban J connectivity index is 2.02. The van der Waals surface area contributed by atoms with Crippen LogP contribution in [0.2, 0.25) is 0 Å². The molecule has 0 spiro atoms. The molecule has 1 amide bonds. The van der Waals surface area contributed by atoms with Gasteiger partial charge < -0.3 is 25.4 Å². The standard InChI is InChI=1S/C15H21N5O5/c1-6(2)14(24)19-12-9-13(18-7(3)17-12)20(5-16-9)15-11(23)10(22)8(4-21)25-15/h5-6,8,10-11,15,21-23H,4H2,1-3H3,(H,17,18,19,24)/t8-,10?,11?,15-/m1/s1. The number of aromatic nitrogens is 4. The van der Waals surface area contributed by atoms with Gasteiger partial charge in [-0.3, -0.25) is 9.36 Å². The molecule has 3 heterocycles. The molecule has 3 rings (SSSR count). The van der Waals surface area contributed by atoms with Crippen LogP contribution in [0.5, 0.6) is 0 Å². The van der Waals surface area contributed by atoms with Gasteiger partial charge in [0.1, 0.15) is 24.1 Å². The number of aliphatic hydroxyl groups excluding tert-OH is 3. The number of nitrogens with zero attached hydrogens (tertiary/aromatic N) is 4. The summed E-state index contributed by atoms with van der Waals surface area (Å²) >= 11 is 0. The van der Waals surface area contributed by atoms with Gasteiger partial charge in [-0.1, -0.05) is 13.8 Å². The summed E-state index contributed by atoms with van der Waals surface area (Å²) < 4.78 is 6.97. The smallest absolute Gasteiger partial charge is 0.228 e. The Bertz CT molecular complexity index is 792. The van der Waals surface area contributed by atoms with Crippen molar-refractivity contribution in [2.24, 2.45) is 5.92 Å². The maximum absolute atomic E-state index is 12.0. The highest BCUT2D eigenvalue weighted by Gasteiger charge is 2.44. The molecule has 0 radical (unpaired) electrons. The number of hydrogen-bond donors (Lipinski definition) is 4. The molecule has 1 aliphatic rings. The highest BCUT2D eigenvalue weighted by molar-refractivity contribution is 5.97. The number of amides is 1. The summed E-state index contributed by atoms with van der Waals surface area (Å²) in [7, 11) is 0. The summed E-state index contributed by atoms with van der Waals surface area (Å²) in [4.78, 5) is 24.7. The number of fused-ring (bicyclic) bond motifs is 1. The molecule has 0 bridgehead atoms. The fourth-order valence-corrected chi connectivity index (χ4v) is 2.67. The first-order valence-corrected chi connectivity index (χ1v) is 7.98. The van der Waals surface area contributed by atoms with Gasteiger partial charge in [0, 0.05) is 5.92 Å². The fraction of sp³-hybridized carbons (Fsp3) is 0.600. The third-order valence-electron chi connectivity index (χ3n) is 4.09. The Morgan fingerprint density at radius 3 is 2.68 bits per heavy atom. The van der Waals surface area contributed by atoms with Gasteiger partial charge in [0.05, 0.1) is 12.9 Å². The van der Waals surface area contributed by atoms with Crippen LogP contribution in [0.1, 0.15) is 25.9 Å². The number of hydrogen-bond acceptors (Lipinski definition) is 8. The van der Waals surface area contributed by atoms with Gasteiger partial charge >= 0.3 is 0 Å². The Morgan fingerprint density at radius 2 is 2.08 bits per heavy atom. The topological polar surface area (TPSA) is 143 Å². The van der Waals surface area contributed by atoms with Crippen LogP contribution in [0, 0.1) is 12.8 Å². The van der Waals surface area contributed by atoms with Gasteiger partial charge in [-0.15, -0.1) is 0 Å². The summed E-state index contributed by atoms with van der Waals surface area (Å²) in [5.41, 5.74) is 0.693. The molecule has 0 aromatic carbocycles. The molecular weight excluding hydrogens is 330 g/mol. The zero-order valence-corrected chi connectivity index (χ0v) is 14.1. The minimum Gasteiger partial charge on any atom is -0.394 e. The molecule has 10 nitrogen and oxygen atoms in total. The largest absolute Gasteiger partial charge is 0.394 e. The summed E-state index contributed by atoms with van der Waals surface area (Å²) in [6, 6.07) is 0. The van der Waals surface area contributed by atoms with Crippen LogP contribution in [-0.2, 0) is 9.53 Å². The van der Waals surface area contributed by atoms with Crippen LogP contribution < -0.4 is 5.32 Å². The number of anilines is 1. The fourth-order valence-electron chi connectivity index (χ4n) is 2.67. The van der Waals surface area contributed by atoms with E-state index in [4.69, 9.17) is 4.74 Å². The number of imidazole rings is 1. The maximum atomic E-state index is 12.0. The molecule has 25 heavy (non-hydrogen) atoms. The lowest BCUT2D eigenvalue weighted by Crippen LogP contribution is -2.33. The van der Waals surface area contributed by atoms with E-state index in [9.17, 15) is 20.1 Å². The van der Waals surface area contributed by atoms with Gasteiger partial charge in [-0.05, 0) is 6.92 Å². The second-order valence-corrected chi connectivity index (χ2v) is 6.32. The quantitative estimate of drug-likeness (QED) is 0.568. The van der Waals surface area contributed by atoms with Crippen LogP contribution in [0.4, 0.5) is 5.82 Å². The van der Waals surface area contributed by atoms with Crippen LogP contribution in [0.15, 0.2) is 6.33 Å². The Labute approximate surface area is 143 Å². The molecule has 2 unspecified atom stereocenters. The van der Waals surface area contributed by atoms with Crippen molar-refractivity contribution in [1.29, 1.82) is 0 Å². The van der Waals surface area contributed by atoms with Crippen molar-refractivity contribution in [2.75, 3.05) is 11.9 Å². The van der Waals surface area contributed by atoms with E-state index in [0.717, 1.165) is 0 Å². The molecule has 10 heteroatoms. The molecule has 4 atom stereocenters. The zero-order chi connectivity index (χ0) is 18.3. The highest BCUT2D eigenvalue weighted by Crippen LogP contribution is 2.32. The van der Waals surface area contributed by atoms with Crippen molar-refractivity contribution in [1.82, 2.24) is 19.5 Å². The molecule has 2 aromatic heterocycles. The lowest BCUT2D eigenvalue weighted by Gasteiger charge is -2.16. The van der Waals surface area contributed by atoms with Gasteiger partial charge in [-0.25, -0.2) is 15.0 Å². The Morgan fingerprint density at radius 1 is 1.36 bits per heavy atom. The van der Waals surface area contributed by atoms with Gasteiger partial charge in [0.15, 0.2) is 23.2 Å². The first kappa shape index (κ1) is 17.7. The van der Waals surface area contributed by atoms with E-state index in [1.54, 1.807) is 20.8 Å². The van der Waals surface area contributed by atoms with Crippen LogP contribution >= 0.6 is 0 Å². The average Bonchev–Trinajstić information content (AvgIpc) is 3.09. The molecule has 136 valence electrons. The summed E-state index contributed by atoms with van der Waals surface area (Å²) in [6.45, 7) is 4.76. The number of aryl methyl sites for hydroxylation is 1. The van der Waals surface area contributed by atoms with Gasteiger partial charge in [0.25, 0.3) is 0 Å². The molecule has 2 aromatic rings. The van der Waals surface area contributed by atoms with Crippen LogP contribution in [0.3, 0.4) is 0 Å². The monoisotopic (exact) mass is 351 g/mol. The predicted octanol–water partition coefficient (Wildman–Crippen LogP) is -0.659. The van der Waals surface area contributed by atoms with E-state index in [-0.39, 0.29) is 17.6 Å². The Kier molecular flexibility index (Phi) is 4.69. The van der Waals surface area contributed by atoms with E-state index >= 15 is 0 Å². The third kappa shape index (κ3) is 3.09. The second-order valence-electron chi connectivity index (χ2n) is 6.32. The number of aliphatic hydroxyl groups is 3. The number of ether oxygens (including phenoxy) is 1. The molecule has 1 fully saturated rings. The summed E-state index contributed by atoms with van der Waals surface area (Å²) in [5.74, 6) is 0.237. The highest BCUT2D eigenvalue weighted by atomic mass is 16.6. The van der Waals surface area contributed by atoms with E-state index in [0.29, 0.717) is 17.0 Å². The minimum atomic E-state index is -1.25. The molecule has 1 saturated heterocycles. The number of nitrogens with one attached hydrogen (secondary N) is 1. The van der Waals surface area contributed by atoms with Crippen molar-refractivity contribution >= 4 is 22.9 Å². The van der Waals surface area contributed by atoms with E-state index in [2.05, 4.69) is 20.3 Å². The zero-order valence-electron chi connectivity index (χ0n) is 14.1. The van der Waals surface area contributed by atoms with Crippen LogP contribution in [-0.4, -0.2) is 65.7 Å². The first-order valence-electron chi connectivity index (χ1n) is 7.98. The van der Waals surface area contributed by atoms with Crippen LogP contribution in [0.25, 0.3) is 11.2 Å². The van der Waals surface area contributed by atoms with Gasteiger partial charge in [-0.2, -0.15) is 0 Å². The maximum Gasteiger partial charge on any atom is 0.228 e. The molecule has 0 saturated carbocycles. The lowest BCUT2D eigenvalue weighted by molar-refractivity contribution is -0.118. The van der Waals surface area contributed by atoms with Crippen molar-refractivity contribution in [3.63, 3.8) is 0 Å². The molecular formula is C15H21N5O5. The number of rotatable bonds is 4. The minimum absolute atomic E-state index is 0.207. The summed E-state index contributed by atoms with van der Waals surface area (Å²) in [6.07, 6.45) is -2.95. The predicted molar refractivity (Wildman–Crippen MR) is 86.5 cm³/mol. The third-order valence-corrected chi connectivity index (χ3v) is 4.09. The van der Waals surface area contributed by atoms with Crippen molar-refractivity contribution in [3.8, 4) is 0 Å². The van der Waals surface area contributed by atoms with Crippen molar-refractivity contribution < 1.29 is 24.9 Å². The van der Waals surface area contributed by atoms with E-state index < -0.39 is 31.1 Å². The Hall–Kier alpha value is -2.14. The lowest BCUT2D eigenvalue weighted by atomic mass is 10.1. The van der Waals surface area contributed by atoms with E-state index in [1.165, 1.54) is 10.9 Å². The van der Waals surface area contributed by atoms with Crippen molar-refractivity contribution in [3.05, 3.63) is 12.2 Å². The molecule has 1 aliphatic heterocycles. The van der Waals surface area contributed by atoms with Crippen molar-refractivity contribution in [2.45, 2.75) is 45.3 Å². The summed E-state index contributed by atoms with van der Waals surface area (Å²) in [5, 5.41) is 32.1. The molecule has 4 N–H and O–H groups in total. The second kappa shape index (κ2) is 6.64. The van der Waals surface area contributed by atoms with Gasteiger partial charge in [0.2, 0.25) is 5.91 Å². The average molecular weight is 351 g/mol. The normalized spacial score (nSPS) is 26.5. The molecule has 0 aliphatic carbocycles. The first-order chi connectivity index (χ1) is 11.8.